The van der Waals surface area contributed by atoms with Gasteiger partial charge in [-0.25, -0.2) is 0 Å². The first-order valence-electron chi connectivity index (χ1n) is 7.33. The summed E-state index contributed by atoms with van der Waals surface area (Å²) in [5.41, 5.74) is 2.85. The van der Waals surface area contributed by atoms with E-state index in [0.717, 1.165) is 26.2 Å². The van der Waals surface area contributed by atoms with Gasteiger partial charge in [0.2, 0.25) is 0 Å². The third kappa shape index (κ3) is 4.51. The van der Waals surface area contributed by atoms with E-state index in [1.54, 1.807) is 0 Å². The van der Waals surface area contributed by atoms with E-state index in [9.17, 15) is 0 Å². The predicted octanol–water partition coefficient (Wildman–Crippen LogP) is 2.30. The summed E-state index contributed by atoms with van der Waals surface area (Å²) >= 11 is 0. The van der Waals surface area contributed by atoms with Gasteiger partial charge in [0.1, 0.15) is 0 Å². The number of piperazine rings is 1. The molecule has 1 heterocycles. The van der Waals surface area contributed by atoms with E-state index in [-0.39, 0.29) is 5.41 Å². The van der Waals surface area contributed by atoms with Gasteiger partial charge in [-0.1, -0.05) is 32.9 Å². The molecule has 2 N–H and O–H groups in total. The SMILES string of the molecule is CC(C)(C)c1ccc(NCCN2CCNCC2)cc1. The number of nitrogens with zero attached hydrogens (tertiary/aromatic N) is 1. The molecule has 0 aliphatic carbocycles. The maximum absolute atomic E-state index is 3.51. The van der Waals surface area contributed by atoms with Crippen LogP contribution in [0.3, 0.4) is 0 Å². The maximum Gasteiger partial charge on any atom is 0.0340 e. The second-order valence-corrected chi connectivity index (χ2v) is 6.35. The van der Waals surface area contributed by atoms with Crippen LogP contribution in [0.25, 0.3) is 0 Å². The number of rotatable bonds is 4. The first-order valence-corrected chi connectivity index (χ1v) is 7.33. The summed E-state index contributed by atoms with van der Waals surface area (Å²) in [5.74, 6) is 0. The smallest absolute Gasteiger partial charge is 0.0340 e. The van der Waals surface area contributed by atoms with Crippen LogP contribution in [-0.4, -0.2) is 44.2 Å². The van der Waals surface area contributed by atoms with Crippen molar-refractivity contribution in [3.05, 3.63) is 29.8 Å². The molecule has 19 heavy (non-hydrogen) atoms. The molecule has 0 spiro atoms. The van der Waals surface area contributed by atoms with Crippen molar-refractivity contribution >= 4 is 5.69 Å². The highest BCUT2D eigenvalue weighted by Crippen LogP contribution is 2.23. The first kappa shape index (κ1) is 14.4. The molecule has 0 radical (unpaired) electrons. The van der Waals surface area contributed by atoms with Crippen molar-refractivity contribution < 1.29 is 0 Å². The molecule has 106 valence electrons. The van der Waals surface area contributed by atoms with Crippen LogP contribution < -0.4 is 10.6 Å². The number of benzene rings is 1. The van der Waals surface area contributed by atoms with E-state index in [1.807, 2.05) is 0 Å². The number of hydrogen-bond acceptors (Lipinski definition) is 3. The lowest BCUT2D eigenvalue weighted by atomic mass is 9.87. The Morgan fingerprint density at radius 3 is 2.32 bits per heavy atom. The van der Waals surface area contributed by atoms with Crippen molar-refractivity contribution in [3.63, 3.8) is 0 Å². The first-order chi connectivity index (χ1) is 9.05. The fraction of sp³-hybridized carbons (Fsp3) is 0.625. The summed E-state index contributed by atoms with van der Waals surface area (Å²) < 4.78 is 0. The average Bonchev–Trinajstić information content (AvgIpc) is 2.39. The fourth-order valence-electron chi connectivity index (χ4n) is 2.38. The van der Waals surface area contributed by atoms with E-state index in [2.05, 4.69) is 60.6 Å². The third-order valence-corrected chi connectivity index (χ3v) is 3.72. The Kier molecular flexibility index (Phi) is 4.83. The summed E-state index contributed by atoms with van der Waals surface area (Å²) in [4.78, 5) is 2.51. The highest BCUT2D eigenvalue weighted by Gasteiger charge is 2.13. The van der Waals surface area contributed by atoms with Crippen LogP contribution >= 0.6 is 0 Å². The molecule has 0 saturated carbocycles. The lowest BCUT2D eigenvalue weighted by Gasteiger charge is -2.27. The molecule has 0 atom stereocenters. The maximum atomic E-state index is 3.51. The zero-order valence-corrected chi connectivity index (χ0v) is 12.5. The van der Waals surface area contributed by atoms with Gasteiger partial charge in [0.25, 0.3) is 0 Å². The summed E-state index contributed by atoms with van der Waals surface area (Å²) in [6.07, 6.45) is 0. The van der Waals surface area contributed by atoms with Crippen LogP contribution in [0.15, 0.2) is 24.3 Å². The molecule has 0 aromatic heterocycles. The second-order valence-electron chi connectivity index (χ2n) is 6.35. The topological polar surface area (TPSA) is 27.3 Å². The molecule has 0 unspecified atom stereocenters. The molecule has 0 amide bonds. The van der Waals surface area contributed by atoms with Gasteiger partial charge in [0.05, 0.1) is 0 Å². The Labute approximate surface area is 117 Å². The molecule has 1 aliphatic rings. The lowest BCUT2D eigenvalue weighted by molar-refractivity contribution is 0.249. The van der Waals surface area contributed by atoms with E-state index in [1.165, 1.54) is 24.3 Å². The van der Waals surface area contributed by atoms with E-state index in [0.29, 0.717) is 0 Å². The normalized spacial score (nSPS) is 17.4. The van der Waals surface area contributed by atoms with Crippen molar-refractivity contribution in [1.82, 2.24) is 10.2 Å². The molecule has 3 nitrogen and oxygen atoms in total. The molecule has 0 bridgehead atoms. The summed E-state index contributed by atoms with van der Waals surface area (Å²) in [6, 6.07) is 8.84. The Morgan fingerprint density at radius 1 is 1.11 bits per heavy atom. The van der Waals surface area contributed by atoms with Crippen molar-refractivity contribution in [2.45, 2.75) is 26.2 Å². The Bertz CT molecular complexity index is 372. The molecule has 1 aliphatic heterocycles. The minimum Gasteiger partial charge on any atom is -0.384 e. The van der Waals surface area contributed by atoms with Gasteiger partial charge in [-0.05, 0) is 23.1 Å². The molecule has 1 aromatic rings. The van der Waals surface area contributed by atoms with Crippen LogP contribution in [0, 0.1) is 0 Å². The molecule has 2 rings (SSSR count). The zero-order valence-electron chi connectivity index (χ0n) is 12.5. The summed E-state index contributed by atoms with van der Waals surface area (Å²) in [6.45, 7) is 13.5. The minimum absolute atomic E-state index is 0.235. The monoisotopic (exact) mass is 261 g/mol. The van der Waals surface area contributed by atoms with Crippen molar-refractivity contribution in [3.8, 4) is 0 Å². The van der Waals surface area contributed by atoms with Gasteiger partial charge in [0, 0.05) is 45.0 Å². The van der Waals surface area contributed by atoms with Crippen molar-refractivity contribution in [1.29, 1.82) is 0 Å². The highest BCUT2D eigenvalue weighted by atomic mass is 15.2. The summed E-state index contributed by atoms with van der Waals surface area (Å²) in [5, 5.41) is 6.89. The number of hydrogen-bond donors (Lipinski definition) is 2. The predicted molar refractivity (Wildman–Crippen MR) is 82.9 cm³/mol. The second kappa shape index (κ2) is 6.40. The van der Waals surface area contributed by atoms with E-state index in [4.69, 9.17) is 0 Å². The van der Waals surface area contributed by atoms with Gasteiger partial charge in [-0.2, -0.15) is 0 Å². The Morgan fingerprint density at radius 2 is 1.74 bits per heavy atom. The van der Waals surface area contributed by atoms with Gasteiger partial charge in [-0.3, -0.25) is 4.90 Å². The minimum atomic E-state index is 0.235. The standard InChI is InChI=1S/C16H27N3/c1-16(2,3)14-4-6-15(7-5-14)18-10-13-19-11-8-17-9-12-19/h4-7,17-18H,8-13H2,1-3H3. The molecular weight excluding hydrogens is 234 g/mol. The zero-order chi connectivity index (χ0) is 13.7. The Hall–Kier alpha value is -1.06. The molecular formula is C16H27N3. The molecule has 1 aromatic carbocycles. The van der Waals surface area contributed by atoms with Crippen LogP contribution in [0.2, 0.25) is 0 Å². The van der Waals surface area contributed by atoms with Crippen LogP contribution in [-0.2, 0) is 5.41 Å². The van der Waals surface area contributed by atoms with Gasteiger partial charge >= 0.3 is 0 Å². The molecule has 1 fully saturated rings. The summed E-state index contributed by atoms with van der Waals surface area (Å²) in [7, 11) is 0. The fourth-order valence-corrected chi connectivity index (χ4v) is 2.38. The highest BCUT2D eigenvalue weighted by molar-refractivity contribution is 5.45. The van der Waals surface area contributed by atoms with E-state index >= 15 is 0 Å². The molecule has 3 heteroatoms. The lowest BCUT2D eigenvalue weighted by Crippen LogP contribution is -2.45. The third-order valence-electron chi connectivity index (χ3n) is 3.72. The quantitative estimate of drug-likeness (QED) is 0.871. The largest absolute Gasteiger partial charge is 0.384 e. The van der Waals surface area contributed by atoms with Gasteiger partial charge < -0.3 is 10.6 Å². The van der Waals surface area contributed by atoms with Crippen molar-refractivity contribution in [2.75, 3.05) is 44.6 Å². The van der Waals surface area contributed by atoms with Gasteiger partial charge in [0.15, 0.2) is 0 Å². The van der Waals surface area contributed by atoms with Crippen LogP contribution in [0.1, 0.15) is 26.3 Å². The van der Waals surface area contributed by atoms with Crippen LogP contribution in [0.5, 0.6) is 0 Å². The average molecular weight is 261 g/mol. The molecule has 1 saturated heterocycles. The van der Waals surface area contributed by atoms with E-state index < -0.39 is 0 Å². The van der Waals surface area contributed by atoms with Gasteiger partial charge in [-0.15, -0.1) is 0 Å². The number of nitrogens with one attached hydrogen (secondary N) is 2. The Balaban J connectivity index is 1.76. The van der Waals surface area contributed by atoms with Crippen molar-refractivity contribution in [2.24, 2.45) is 0 Å². The van der Waals surface area contributed by atoms with Crippen LogP contribution in [0.4, 0.5) is 5.69 Å². The number of anilines is 1.